The van der Waals surface area contributed by atoms with E-state index in [9.17, 15) is 19.7 Å². The van der Waals surface area contributed by atoms with E-state index in [1.54, 1.807) is 39.8 Å². The summed E-state index contributed by atoms with van der Waals surface area (Å²) in [6.07, 6.45) is 3.58. The molecule has 0 amide bonds. The van der Waals surface area contributed by atoms with E-state index in [0.717, 1.165) is 11.3 Å². The van der Waals surface area contributed by atoms with Crippen LogP contribution in [0, 0.1) is 10.1 Å². The van der Waals surface area contributed by atoms with E-state index < -0.39 is 36.7 Å². The Labute approximate surface area is 237 Å². The first kappa shape index (κ1) is 28.1. The predicted molar refractivity (Wildman–Crippen MR) is 151 cm³/mol. The molecule has 0 bridgehead atoms. The summed E-state index contributed by atoms with van der Waals surface area (Å²) >= 11 is 6.60. The molecule has 0 unspecified atom stereocenters. The molecule has 11 heteroatoms. The molecule has 1 atom stereocenters. The number of non-ortho nitro benzene ring substituents is 1. The number of nitrogens with zero attached hydrogens (tertiary/aromatic N) is 2. The van der Waals surface area contributed by atoms with E-state index in [4.69, 9.17) is 14.2 Å². The highest BCUT2D eigenvalue weighted by molar-refractivity contribution is 9.10. The fraction of sp³-hybridized carbons (Fsp3) is 0.407. The molecule has 0 aromatic heterocycles. The number of ether oxygens (including phenoxy) is 3. The number of hydrogen-bond donors (Lipinski definition) is 0. The summed E-state index contributed by atoms with van der Waals surface area (Å²) in [5, 5.41) is 11.6. The number of fused-ring (bicyclic) bond motifs is 2. The van der Waals surface area contributed by atoms with E-state index >= 15 is 0 Å². The van der Waals surface area contributed by atoms with Crippen LogP contribution >= 0.6 is 31.9 Å². The Balaban J connectivity index is 1.79. The minimum Gasteiger partial charge on any atom is -0.459 e. The zero-order chi connectivity index (χ0) is 28.4. The number of halogens is 2. The largest absolute Gasteiger partial charge is 0.459 e. The number of nitro benzene ring substituents is 1. The molecular formula is C27H28Br2N2O7. The fourth-order valence-corrected chi connectivity index (χ4v) is 4.71. The normalized spacial score (nSPS) is 19.4. The van der Waals surface area contributed by atoms with Crippen molar-refractivity contribution in [2.24, 2.45) is 0 Å². The molecule has 0 aliphatic carbocycles. The molecule has 2 aromatic carbocycles. The summed E-state index contributed by atoms with van der Waals surface area (Å²) in [4.78, 5) is 38.2. The second-order valence-electron chi connectivity index (χ2n) is 10.8. The third-order valence-electron chi connectivity index (χ3n) is 6.81. The van der Waals surface area contributed by atoms with Gasteiger partial charge in [-0.2, -0.15) is 0 Å². The molecule has 4 rings (SSSR count). The van der Waals surface area contributed by atoms with Crippen molar-refractivity contribution in [3.05, 3.63) is 57.6 Å². The van der Waals surface area contributed by atoms with Crippen LogP contribution < -0.4 is 19.1 Å². The maximum absolute atomic E-state index is 12.7. The van der Waals surface area contributed by atoms with Crippen LogP contribution in [-0.4, -0.2) is 38.3 Å². The molecule has 38 heavy (non-hydrogen) atoms. The monoisotopic (exact) mass is 650 g/mol. The second kappa shape index (κ2) is 9.08. The van der Waals surface area contributed by atoms with Crippen molar-refractivity contribution in [3.8, 4) is 17.2 Å². The third kappa shape index (κ3) is 4.59. The minimum atomic E-state index is -1.08. The number of rotatable bonds is 5. The van der Waals surface area contributed by atoms with E-state index in [-0.39, 0.29) is 17.2 Å². The molecule has 0 N–H and O–H groups in total. The summed E-state index contributed by atoms with van der Waals surface area (Å²) in [5.74, 6) is -0.504. The number of esters is 2. The van der Waals surface area contributed by atoms with Crippen LogP contribution in [0.3, 0.4) is 0 Å². The average Bonchev–Trinajstić information content (AvgIpc) is 2.96. The van der Waals surface area contributed by atoms with Crippen LogP contribution in [0.15, 0.2) is 36.4 Å². The van der Waals surface area contributed by atoms with E-state index in [0.29, 0.717) is 11.3 Å². The number of nitro groups is 1. The molecule has 2 aromatic rings. The number of hydrogen-bond acceptors (Lipinski definition) is 8. The van der Waals surface area contributed by atoms with Crippen molar-refractivity contribution in [1.29, 1.82) is 0 Å². The number of anilines is 1. The van der Waals surface area contributed by atoms with E-state index in [1.165, 1.54) is 12.1 Å². The summed E-state index contributed by atoms with van der Waals surface area (Å²) in [5.41, 5.74) is 0.118. The van der Waals surface area contributed by atoms with Crippen LogP contribution in [0.2, 0.25) is 0 Å². The molecule has 0 saturated carbocycles. The summed E-state index contributed by atoms with van der Waals surface area (Å²) < 4.78 is 16.0. The molecule has 202 valence electrons. The lowest BCUT2D eigenvalue weighted by molar-refractivity contribution is -0.385. The third-order valence-corrected chi connectivity index (χ3v) is 7.45. The van der Waals surface area contributed by atoms with Gasteiger partial charge in [-0.05, 0) is 77.5 Å². The zero-order valence-electron chi connectivity index (χ0n) is 22.0. The molecule has 2 aliphatic heterocycles. The van der Waals surface area contributed by atoms with E-state index in [1.807, 2.05) is 44.0 Å². The van der Waals surface area contributed by atoms with Gasteiger partial charge in [-0.1, -0.05) is 31.9 Å². The lowest BCUT2D eigenvalue weighted by atomic mass is 9.76. The Bertz CT molecular complexity index is 1390. The number of carbonyl (C=O) groups excluding carboxylic acids is 2. The number of likely N-dealkylation sites (N-methyl/N-ethyl adjacent to an activating group) is 1. The van der Waals surface area contributed by atoms with Gasteiger partial charge in [0.05, 0.1) is 16.4 Å². The van der Waals surface area contributed by atoms with Crippen LogP contribution in [-0.2, 0) is 15.0 Å². The van der Waals surface area contributed by atoms with Crippen molar-refractivity contribution in [2.75, 3.05) is 11.9 Å². The summed E-state index contributed by atoms with van der Waals surface area (Å²) in [6, 6.07) is 7.96. The smallest absolute Gasteiger partial charge is 0.327 e. The predicted octanol–water partition coefficient (Wildman–Crippen LogP) is 6.28. The molecule has 2 heterocycles. The molecule has 1 spiro atoms. The maximum Gasteiger partial charge on any atom is 0.327 e. The molecule has 0 fully saturated rings. The minimum absolute atomic E-state index is 0.0511. The zero-order valence-corrected chi connectivity index (χ0v) is 25.2. The van der Waals surface area contributed by atoms with Gasteiger partial charge >= 0.3 is 11.9 Å². The fourth-order valence-electron chi connectivity index (χ4n) is 4.54. The van der Waals surface area contributed by atoms with Gasteiger partial charge in [0, 0.05) is 24.4 Å². The van der Waals surface area contributed by atoms with Crippen molar-refractivity contribution >= 4 is 61.2 Å². The van der Waals surface area contributed by atoms with Crippen molar-refractivity contribution < 1.29 is 28.7 Å². The van der Waals surface area contributed by atoms with E-state index in [2.05, 4.69) is 31.9 Å². The Kier molecular flexibility index (Phi) is 6.72. The Morgan fingerprint density at radius 2 is 1.63 bits per heavy atom. The lowest BCUT2D eigenvalue weighted by Crippen LogP contribution is -2.58. The van der Waals surface area contributed by atoms with Crippen molar-refractivity contribution in [1.82, 2.24) is 0 Å². The molecular weight excluding hydrogens is 624 g/mol. The van der Waals surface area contributed by atoms with Gasteiger partial charge in [-0.15, -0.1) is 0 Å². The van der Waals surface area contributed by atoms with Crippen LogP contribution in [0.1, 0.15) is 52.7 Å². The average molecular weight is 652 g/mol. The van der Waals surface area contributed by atoms with Crippen LogP contribution in [0.5, 0.6) is 17.2 Å². The summed E-state index contributed by atoms with van der Waals surface area (Å²) in [7, 11) is 1.87. The topological polar surface area (TPSA) is 108 Å². The molecule has 0 radical (unpaired) electrons. The second-order valence-corrected chi connectivity index (χ2v) is 14.8. The van der Waals surface area contributed by atoms with Gasteiger partial charge in [-0.25, -0.2) is 0 Å². The standard InChI is InChI=1S/C27H28Br2N2O7/c1-24(2)18-14-17(36-22(32)25(3,4)28)8-9-19(18)30(7)27(24)11-10-15-12-16(31(34)35)13-20(21(15)38-27)37-23(33)26(5,6)29/h8-14H,1-7H3/t27-/m0/s1. The van der Waals surface area contributed by atoms with Gasteiger partial charge < -0.3 is 19.1 Å². The highest BCUT2D eigenvalue weighted by Gasteiger charge is 2.58. The lowest BCUT2D eigenvalue weighted by Gasteiger charge is -2.45. The van der Waals surface area contributed by atoms with Gasteiger partial charge in [0.25, 0.3) is 5.69 Å². The highest BCUT2D eigenvalue weighted by atomic mass is 79.9. The molecule has 0 saturated heterocycles. The first-order valence-corrected chi connectivity index (χ1v) is 13.4. The Morgan fingerprint density at radius 1 is 1.03 bits per heavy atom. The molecule has 9 nitrogen and oxygen atoms in total. The van der Waals surface area contributed by atoms with Gasteiger partial charge in [-0.3, -0.25) is 19.7 Å². The SMILES string of the molecule is CN1c2ccc(OC(=O)C(C)(C)Br)cc2C(C)(C)[C@@]12C=Cc1cc([N+](=O)[O-])cc(OC(=O)C(C)(C)Br)c1O2. The number of benzene rings is 2. The van der Waals surface area contributed by atoms with Gasteiger partial charge in [0.15, 0.2) is 11.5 Å². The van der Waals surface area contributed by atoms with Crippen molar-refractivity contribution in [3.63, 3.8) is 0 Å². The number of alkyl halides is 2. The quantitative estimate of drug-likeness (QED) is 0.122. The number of carbonyl (C=O) groups is 2. The first-order chi connectivity index (χ1) is 17.4. The van der Waals surface area contributed by atoms with Crippen molar-refractivity contribution in [2.45, 2.75) is 61.3 Å². The summed E-state index contributed by atoms with van der Waals surface area (Å²) in [6.45, 7) is 10.6. The maximum atomic E-state index is 12.7. The Hall–Kier alpha value is -2.92. The van der Waals surface area contributed by atoms with Gasteiger partial charge in [0.2, 0.25) is 5.72 Å². The molecule has 2 aliphatic rings. The van der Waals surface area contributed by atoms with Crippen LogP contribution in [0.4, 0.5) is 11.4 Å². The van der Waals surface area contributed by atoms with Crippen LogP contribution in [0.25, 0.3) is 6.08 Å². The Morgan fingerprint density at radius 3 is 2.21 bits per heavy atom. The van der Waals surface area contributed by atoms with Gasteiger partial charge in [0.1, 0.15) is 14.4 Å². The first-order valence-electron chi connectivity index (χ1n) is 11.8. The highest BCUT2D eigenvalue weighted by Crippen LogP contribution is 2.56.